The Morgan fingerprint density at radius 3 is 2.78 bits per heavy atom. The second-order valence-corrected chi connectivity index (χ2v) is 9.07. The molecule has 164 valence electrons. The monoisotopic (exact) mass is 434 g/mol. The van der Waals surface area contributed by atoms with Crippen LogP contribution in [0.5, 0.6) is 5.88 Å². The molecule has 2 bridgehead atoms. The maximum absolute atomic E-state index is 13.7. The lowest BCUT2D eigenvalue weighted by Crippen LogP contribution is -2.67. The maximum Gasteiger partial charge on any atom is 0.232 e. The number of nitrogens with one attached hydrogen (secondary N) is 1. The van der Waals surface area contributed by atoms with E-state index in [9.17, 15) is 4.39 Å². The van der Waals surface area contributed by atoms with E-state index in [0.29, 0.717) is 23.8 Å². The highest BCUT2D eigenvalue weighted by Gasteiger charge is 2.68. The van der Waals surface area contributed by atoms with Gasteiger partial charge in [-0.05, 0) is 36.3 Å². The number of rotatable bonds is 8. The lowest BCUT2D eigenvalue weighted by Gasteiger charge is -2.66. The van der Waals surface area contributed by atoms with Crippen molar-refractivity contribution < 1.29 is 9.13 Å². The molecule has 0 radical (unpaired) electrons. The SMILES string of the molecule is COc1cncc(-c2cn(Cc3cn4cc(CNCC56CC(F)(C5)C6)ccc4n3)nn2)n1. The first-order chi connectivity index (χ1) is 15.5. The van der Waals surface area contributed by atoms with E-state index in [0.717, 1.165) is 43.7 Å². The highest BCUT2D eigenvalue weighted by atomic mass is 19.1. The molecule has 0 amide bonds. The van der Waals surface area contributed by atoms with Crippen LogP contribution in [0.3, 0.4) is 0 Å². The summed E-state index contributed by atoms with van der Waals surface area (Å²) in [7, 11) is 1.55. The van der Waals surface area contributed by atoms with Crippen molar-refractivity contribution in [2.24, 2.45) is 5.41 Å². The van der Waals surface area contributed by atoms with Crippen LogP contribution >= 0.6 is 0 Å². The van der Waals surface area contributed by atoms with Gasteiger partial charge in [-0.25, -0.2) is 19.0 Å². The third-order valence-electron chi connectivity index (χ3n) is 6.41. The van der Waals surface area contributed by atoms with Gasteiger partial charge in [-0.2, -0.15) is 0 Å². The molecule has 4 aromatic heterocycles. The van der Waals surface area contributed by atoms with Crippen molar-refractivity contribution >= 4 is 5.65 Å². The molecule has 3 aliphatic carbocycles. The normalized spacial score (nSPS) is 23.7. The van der Waals surface area contributed by atoms with E-state index in [1.165, 1.54) is 5.56 Å². The van der Waals surface area contributed by atoms with E-state index in [4.69, 9.17) is 4.74 Å². The summed E-state index contributed by atoms with van der Waals surface area (Å²) in [6.45, 7) is 2.14. The van der Waals surface area contributed by atoms with Crippen LogP contribution < -0.4 is 10.1 Å². The molecule has 0 aromatic carbocycles. The van der Waals surface area contributed by atoms with E-state index in [-0.39, 0.29) is 5.41 Å². The fourth-order valence-electron chi connectivity index (χ4n) is 5.02. The van der Waals surface area contributed by atoms with Gasteiger partial charge < -0.3 is 14.5 Å². The molecule has 3 fully saturated rings. The van der Waals surface area contributed by atoms with Crippen molar-refractivity contribution in [2.75, 3.05) is 13.7 Å². The number of hydrogen-bond donors (Lipinski definition) is 1. The standard InChI is InChI=1S/C22H23FN8O/c1-32-20-6-24-5-17(27-20)18-10-31(29-28-18)9-16-8-30-7-15(2-3-19(30)26-16)4-25-14-21-11-22(23,12-21)13-21/h2-3,5-8,10,25H,4,9,11-14H2,1H3. The van der Waals surface area contributed by atoms with Gasteiger partial charge in [0, 0.05) is 25.5 Å². The van der Waals surface area contributed by atoms with Gasteiger partial charge in [0.15, 0.2) is 0 Å². The van der Waals surface area contributed by atoms with E-state index >= 15 is 0 Å². The highest BCUT2D eigenvalue weighted by molar-refractivity contribution is 5.51. The second kappa shape index (κ2) is 7.06. The van der Waals surface area contributed by atoms with Crippen LogP contribution in [-0.2, 0) is 13.1 Å². The first-order valence-corrected chi connectivity index (χ1v) is 10.6. The average molecular weight is 434 g/mol. The Hall–Kier alpha value is -3.40. The van der Waals surface area contributed by atoms with E-state index < -0.39 is 5.67 Å². The number of fused-ring (bicyclic) bond motifs is 1. The summed E-state index contributed by atoms with van der Waals surface area (Å²) >= 11 is 0. The molecule has 0 unspecified atom stereocenters. The van der Waals surface area contributed by atoms with Gasteiger partial charge in [0.25, 0.3) is 0 Å². The molecular formula is C22H23FN8O. The minimum Gasteiger partial charge on any atom is -0.480 e. The summed E-state index contributed by atoms with van der Waals surface area (Å²) in [6, 6.07) is 4.09. The number of hydrogen-bond acceptors (Lipinski definition) is 7. The molecule has 0 atom stereocenters. The van der Waals surface area contributed by atoms with Crippen molar-refractivity contribution in [3.05, 3.63) is 54.4 Å². The van der Waals surface area contributed by atoms with Gasteiger partial charge in [0.05, 0.1) is 37.9 Å². The van der Waals surface area contributed by atoms with E-state index in [1.54, 1.807) is 24.2 Å². The zero-order valence-electron chi connectivity index (χ0n) is 17.7. The third kappa shape index (κ3) is 3.40. The molecule has 4 heterocycles. The van der Waals surface area contributed by atoms with Crippen LogP contribution in [0.2, 0.25) is 0 Å². The quantitative estimate of drug-likeness (QED) is 0.455. The molecule has 1 N–H and O–H groups in total. The first-order valence-electron chi connectivity index (χ1n) is 10.6. The van der Waals surface area contributed by atoms with Crippen molar-refractivity contribution in [1.29, 1.82) is 0 Å². The van der Waals surface area contributed by atoms with Gasteiger partial charge in [0.1, 0.15) is 22.7 Å². The zero-order chi connectivity index (χ0) is 21.8. The largest absolute Gasteiger partial charge is 0.480 e. The predicted molar refractivity (Wildman–Crippen MR) is 114 cm³/mol. The number of nitrogens with zero attached hydrogens (tertiary/aromatic N) is 7. The average Bonchev–Trinajstić information content (AvgIpc) is 3.38. The number of aromatic nitrogens is 7. The van der Waals surface area contributed by atoms with Crippen molar-refractivity contribution in [1.82, 2.24) is 39.7 Å². The van der Waals surface area contributed by atoms with Crippen LogP contribution in [0, 0.1) is 5.41 Å². The molecule has 3 saturated carbocycles. The fraction of sp³-hybridized carbons (Fsp3) is 0.409. The first kappa shape index (κ1) is 19.3. The number of imidazole rings is 1. The second-order valence-electron chi connectivity index (χ2n) is 9.07. The van der Waals surface area contributed by atoms with Crippen molar-refractivity contribution in [3.63, 3.8) is 0 Å². The summed E-state index contributed by atoms with van der Waals surface area (Å²) in [5.41, 5.74) is 3.53. The molecular weight excluding hydrogens is 411 g/mol. The molecule has 7 rings (SSSR count). The van der Waals surface area contributed by atoms with Crippen molar-refractivity contribution in [3.8, 4) is 17.3 Å². The zero-order valence-corrected chi connectivity index (χ0v) is 17.7. The summed E-state index contributed by atoms with van der Waals surface area (Å²) < 4.78 is 22.5. The summed E-state index contributed by atoms with van der Waals surface area (Å²) in [5.74, 6) is 0.429. The number of alkyl halides is 1. The summed E-state index contributed by atoms with van der Waals surface area (Å²) in [4.78, 5) is 13.1. The predicted octanol–water partition coefficient (Wildman–Crippen LogP) is 2.42. The minimum absolute atomic E-state index is 0.216. The Morgan fingerprint density at radius 1 is 1.09 bits per heavy atom. The maximum atomic E-state index is 13.7. The van der Waals surface area contributed by atoms with Gasteiger partial charge in [-0.3, -0.25) is 4.98 Å². The van der Waals surface area contributed by atoms with Crippen LogP contribution in [0.1, 0.15) is 30.5 Å². The lowest BCUT2D eigenvalue weighted by molar-refractivity contribution is -0.209. The van der Waals surface area contributed by atoms with Gasteiger partial charge >= 0.3 is 0 Å². The number of halogens is 1. The number of methoxy groups -OCH3 is 1. The fourth-order valence-corrected chi connectivity index (χ4v) is 5.02. The Labute approximate surface area is 183 Å². The smallest absolute Gasteiger partial charge is 0.232 e. The molecule has 0 saturated heterocycles. The Morgan fingerprint density at radius 2 is 1.97 bits per heavy atom. The third-order valence-corrected chi connectivity index (χ3v) is 6.41. The molecule has 0 aliphatic heterocycles. The molecule has 0 spiro atoms. The van der Waals surface area contributed by atoms with Crippen molar-refractivity contribution in [2.45, 2.75) is 38.0 Å². The lowest BCUT2D eigenvalue weighted by atomic mass is 9.42. The van der Waals surface area contributed by atoms with Gasteiger partial charge in [-0.15, -0.1) is 5.10 Å². The Bertz CT molecular complexity index is 1280. The van der Waals surface area contributed by atoms with E-state index in [1.807, 2.05) is 22.9 Å². The summed E-state index contributed by atoms with van der Waals surface area (Å²) in [6.07, 6.45) is 11.2. The van der Waals surface area contributed by atoms with Crippen LogP contribution in [-0.4, -0.2) is 53.7 Å². The number of ether oxygens (including phenoxy) is 1. The van der Waals surface area contributed by atoms with Crippen LogP contribution in [0.4, 0.5) is 4.39 Å². The van der Waals surface area contributed by atoms with Gasteiger partial charge in [-0.1, -0.05) is 11.3 Å². The highest BCUT2D eigenvalue weighted by Crippen LogP contribution is 2.69. The van der Waals surface area contributed by atoms with Gasteiger partial charge in [0.2, 0.25) is 5.88 Å². The topological polar surface area (TPSA) is 95.1 Å². The Balaban J connectivity index is 1.11. The molecule has 32 heavy (non-hydrogen) atoms. The Kier molecular flexibility index (Phi) is 4.26. The molecule has 10 heteroatoms. The molecule has 4 aromatic rings. The van der Waals surface area contributed by atoms with E-state index in [2.05, 4.69) is 42.8 Å². The van der Waals surface area contributed by atoms with Crippen LogP contribution in [0.25, 0.3) is 17.0 Å². The van der Waals surface area contributed by atoms with Crippen LogP contribution in [0.15, 0.2) is 43.1 Å². The minimum atomic E-state index is -0.833. The molecule has 3 aliphatic rings. The summed E-state index contributed by atoms with van der Waals surface area (Å²) in [5, 5.41) is 11.9. The number of pyridine rings is 1. The molecule has 9 nitrogen and oxygen atoms in total.